The lowest BCUT2D eigenvalue weighted by Gasteiger charge is -2.04. The molecule has 100 valence electrons. The lowest BCUT2D eigenvalue weighted by molar-refractivity contribution is -0.115. The van der Waals surface area contributed by atoms with E-state index in [1.165, 1.54) is 12.1 Å². The Hall–Kier alpha value is -2.21. The third-order valence-electron chi connectivity index (χ3n) is 2.42. The number of hydrogen-bond acceptors (Lipinski definition) is 4. The van der Waals surface area contributed by atoms with E-state index in [-0.39, 0.29) is 18.3 Å². The number of benzene rings is 1. The van der Waals surface area contributed by atoms with Gasteiger partial charge in [0.25, 0.3) is 0 Å². The summed E-state index contributed by atoms with van der Waals surface area (Å²) in [7, 11) is 0. The van der Waals surface area contributed by atoms with E-state index < -0.39 is 0 Å². The topological polar surface area (TPSA) is 67.2 Å². The zero-order chi connectivity index (χ0) is 13.7. The Bertz CT molecular complexity index is 551. The minimum Gasteiger partial charge on any atom is -0.360 e. The summed E-state index contributed by atoms with van der Waals surface area (Å²) >= 11 is 0. The van der Waals surface area contributed by atoms with Crippen molar-refractivity contribution in [2.24, 2.45) is 0 Å². The van der Waals surface area contributed by atoms with Gasteiger partial charge in [-0.2, -0.15) is 0 Å². The van der Waals surface area contributed by atoms with E-state index >= 15 is 0 Å². The van der Waals surface area contributed by atoms with Gasteiger partial charge in [0.05, 0.1) is 6.54 Å². The number of rotatable bonds is 5. The molecule has 1 amide bonds. The first-order chi connectivity index (χ1) is 9.13. The van der Waals surface area contributed by atoms with Crippen molar-refractivity contribution in [2.75, 3.05) is 11.9 Å². The Balaban J connectivity index is 1.73. The van der Waals surface area contributed by atoms with Crippen molar-refractivity contribution >= 4 is 11.7 Å². The Labute approximate surface area is 109 Å². The average Bonchev–Trinajstić information content (AvgIpc) is 2.77. The van der Waals surface area contributed by atoms with E-state index in [0.717, 1.165) is 5.56 Å². The maximum atomic E-state index is 12.7. The zero-order valence-corrected chi connectivity index (χ0v) is 10.4. The molecule has 1 aromatic carbocycles. The number of nitrogens with one attached hydrogen (secondary N) is 2. The van der Waals surface area contributed by atoms with Crippen LogP contribution in [0.2, 0.25) is 0 Å². The van der Waals surface area contributed by atoms with Gasteiger partial charge in [0.1, 0.15) is 11.6 Å². The molecule has 2 N–H and O–H groups in total. The highest BCUT2D eigenvalue weighted by Gasteiger charge is 2.05. The summed E-state index contributed by atoms with van der Waals surface area (Å²) in [5.74, 6) is 0.541. The summed E-state index contributed by atoms with van der Waals surface area (Å²) in [4.78, 5) is 11.6. The maximum absolute atomic E-state index is 12.7. The Kier molecular flexibility index (Phi) is 4.25. The third-order valence-corrected chi connectivity index (χ3v) is 2.42. The molecule has 0 saturated carbocycles. The molecular formula is C13H14FN3O2. The summed E-state index contributed by atoms with van der Waals surface area (Å²) in [5.41, 5.74) is 0.909. The number of carbonyl (C=O) groups excluding carboxylic acids is 1. The van der Waals surface area contributed by atoms with Crippen molar-refractivity contribution in [3.05, 3.63) is 47.5 Å². The fourth-order valence-corrected chi connectivity index (χ4v) is 1.53. The Morgan fingerprint density at radius 3 is 2.74 bits per heavy atom. The van der Waals surface area contributed by atoms with Gasteiger partial charge >= 0.3 is 0 Å². The van der Waals surface area contributed by atoms with E-state index in [1.807, 2.05) is 0 Å². The molecule has 6 heteroatoms. The van der Waals surface area contributed by atoms with Gasteiger partial charge in [0.2, 0.25) is 5.91 Å². The second-order valence-corrected chi connectivity index (χ2v) is 4.10. The predicted octanol–water partition coefficient (Wildman–Crippen LogP) is 1.85. The zero-order valence-electron chi connectivity index (χ0n) is 10.4. The highest BCUT2D eigenvalue weighted by atomic mass is 19.1. The smallest absolute Gasteiger partial charge is 0.239 e. The largest absolute Gasteiger partial charge is 0.360 e. The molecule has 0 aliphatic carbocycles. The maximum Gasteiger partial charge on any atom is 0.239 e. The van der Waals surface area contributed by atoms with Crippen LogP contribution in [0.1, 0.15) is 11.3 Å². The molecule has 0 spiro atoms. The number of amides is 1. The van der Waals surface area contributed by atoms with Gasteiger partial charge < -0.3 is 15.2 Å². The third kappa shape index (κ3) is 4.18. The molecule has 0 saturated heterocycles. The van der Waals surface area contributed by atoms with Crippen LogP contribution in [0.5, 0.6) is 0 Å². The van der Waals surface area contributed by atoms with Crippen LogP contribution in [-0.2, 0) is 11.3 Å². The number of anilines is 1. The van der Waals surface area contributed by atoms with Gasteiger partial charge in [0, 0.05) is 12.6 Å². The first-order valence-corrected chi connectivity index (χ1v) is 5.82. The Morgan fingerprint density at radius 1 is 1.37 bits per heavy atom. The standard InChI is InChI=1S/C13H14FN3O2/c1-9-6-12(17-19-9)16-13(18)8-15-7-10-2-4-11(14)5-3-10/h2-6,15H,7-8H2,1H3,(H,16,17,18). The molecule has 2 aromatic rings. The van der Waals surface area contributed by atoms with Gasteiger partial charge in [-0.1, -0.05) is 17.3 Å². The van der Waals surface area contributed by atoms with Gasteiger partial charge in [-0.3, -0.25) is 4.79 Å². The normalized spacial score (nSPS) is 10.4. The predicted molar refractivity (Wildman–Crippen MR) is 68.0 cm³/mol. The molecule has 19 heavy (non-hydrogen) atoms. The van der Waals surface area contributed by atoms with Gasteiger partial charge in [0.15, 0.2) is 5.82 Å². The monoisotopic (exact) mass is 263 g/mol. The molecule has 0 bridgehead atoms. The summed E-state index contributed by atoms with van der Waals surface area (Å²) in [6.45, 7) is 2.38. The van der Waals surface area contributed by atoms with Crippen LogP contribution < -0.4 is 10.6 Å². The fourth-order valence-electron chi connectivity index (χ4n) is 1.53. The minimum atomic E-state index is -0.275. The van der Waals surface area contributed by atoms with Crippen LogP contribution in [0.4, 0.5) is 10.2 Å². The van der Waals surface area contributed by atoms with Crippen molar-refractivity contribution < 1.29 is 13.7 Å². The quantitative estimate of drug-likeness (QED) is 0.864. The van der Waals surface area contributed by atoms with Crippen molar-refractivity contribution in [2.45, 2.75) is 13.5 Å². The van der Waals surface area contributed by atoms with Crippen LogP contribution in [0.15, 0.2) is 34.9 Å². The van der Waals surface area contributed by atoms with Crippen LogP contribution in [0.3, 0.4) is 0 Å². The fraction of sp³-hybridized carbons (Fsp3) is 0.231. The number of aromatic nitrogens is 1. The van der Waals surface area contributed by atoms with Crippen LogP contribution >= 0.6 is 0 Å². The van der Waals surface area contributed by atoms with Gasteiger partial charge in [-0.25, -0.2) is 4.39 Å². The number of nitrogens with zero attached hydrogens (tertiary/aromatic N) is 1. The lowest BCUT2D eigenvalue weighted by Crippen LogP contribution is -2.27. The molecule has 0 aliphatic rings. The molecule has 5 nitrogen and oxygen atoms in total. The van der Waals surface area contributed by atoms with Crippen LogP contribution in [-0.4, -0.2) is 17.6 Å². The lowest BCUT2D eigenvalue weighted by atomic mass is 10.2. The van der Waals surface area contributed by atoms with E-state index in [2.05, 4.69) is 15.8 Å². The van der Waals surface area contributed by atoms with E-state index in [9.17, 15) is 9.18 Å². The SMILES string of the molecule is Cc1cc(NC(=O)CNCc2ccc(F)cc2)no1. The summed E-state index contributed by atoms with van der Waals surface area (Å²) < 4.78 is 17.5. The molecular weight excluding hydrogens is 249 g/mol. The summed E-state index contributed by atoms with van der Waals surface area (Å²) in [6, 6.07) is 7.74. The molecule has 0 aliphatic heterocycles. The number of halogens is 1. The van der Waals surface area contributed by atoms with Crippen molar-refractivity contribution in [3.8, 4) is 0 Å². The minimum absolute atomic E-state index is 0.142. The molecule has 1 heterocycles. The summed E-state index contributed by atoms with van der Waals surface area (Å²) in [6.07, 6.45) is 0. The number of aryl methyl sites for hydroxylation is 1. The summed E-state index contributed by atoms with van der Waals surface area (Å²) in [5, 5.41) is 9.20. The molecule has 0 unspecified atom stereocenters. The van der Waals surface area contributed by atoms with Crippen molar-refractivity contribution in [3.63, 3.8) is 0 Å². The molecule has 1 aromatic heterocycles. The molecule has 2 rings (SSSR count). The van der Waals surface area contributed by atoms with Gasteiger partial charge in [-0.05, 0) is 24.6 Å². The molecule has 0 atom stereocenters. The second kappa shape index (κ2) is 6.10. The van der Waals surface area contributed by atoms with E-state index in [1.54, 1.807) is 25.1 Å². The van der Waals surface area contributed by atoms with E-state index in [4.69, 9.17) is 4.52 Å². The van der Waals surface area contributed by atoms with Crippen LogP contribution in [0, 0.1) is 12.7 Å². The average molecular weight is 263 g/mol. The van der Waals surface area contributed by atoms with Crippen molar-refractivity contribution in [1.82, 2.24) is 10.5 Å². The van der Waals surface area contributed by atoms with Gasteiger partial charge in [-0.15, -0.1) is 0 Å². The first kappa shape index (κ1) is 13.2. The Morgan fingerprint density at radius 2 is 2.11 bits per heavy atom. The van der Waals surface area contributed by atoms with Crippen molar-refractivity contribution in [1.29, 1.82) is 0 Å². The second-order valence-electron chi connectivity index (χ2n) is 4.10. The molecule has 0 radical (unpaired) electrons. The number of carbonyl (C=O) groups is 1. The molecule has 0 fully saturated rings. The first-order valence-electron chi connectivity index (χ1n) is 5.82. The highest BCUT2D eigenvalue weighted by Crippen LogP contribution is 2.06. The van der Waals surface area contributed by atoms with Crippen LogP contribution in [0.25, 0.3) is 0 Å². The number of hydrogen-bond donors (Lipinski definition) is 2. The highest BCUT2D eigenvalue weighted by molar-refractivity contribution is 5.91. The van der Waals surface area contributed by atoms with E-state index in [0.29, 0.717) is 18.1 Å².